The first-order valence-corrected chi connectivity index (χ1v) is 7.89. The van der Waals surface area contributed by atoms with Gasteiger partial charge in [0.1, 0.15) is 11.4 Å². The van der Waals surface area contributed by atoms with Crippen LogP contribution in [-0.2, 0) is 10.0 Å². The number of nitrogens with two attached hydrogens (primary N) is 1. The second-order valence-electron chi connectivity index (χ2n) is 5.91. The van der Waals surface area contributed by atoms with Gasteiger partial charge in [-0.05, 0) is 51.3 Å². The van der Waals surface area contributed by atoms with Crippen LogP contribution in [-0.4, -0.2) is 19.8 Å². The van der Waals surface area contributed by atoms with Crippen molar-refractivity contribution in [2.24, 2.45) is 5.14 Å². The highest BCUT2D eigenvalue weighted by atomic mass is 32.2. The fraction of sp³-hybridized carbons (Fsp3) is 0.500. The zero-order valence-electron chi connectivity index (χ0n) is 12.3. The maximum atomic E-state index is 12.3. The molecule has 0 fully saturated rings. The third-order valence-corrected chi connectivity index (χ3v) is 4.90. The molecular formula is C14H19NO4S. The molecule has 0 unspecified atom stereocenters. The van der Waals surface area contributed by atoms with E-state index < -0.39 is 15.6 Å². The molecule has 0 atom stereocenters. The summed E-state index contributed by atoms with van der Waals surface area (Å²) in [6.07, 6.45) is 0.216. The minimum absolute atomic E-state index is 0.0328. The lowest BCUT2D eigenvalue weighted by molar-refractivity contribution is 0.0612. The first kappa shape index (κ1) is 15.0. The number of rotatable bonds is 1. The molecule has 0 amide bonds. The molecule has 5 nitrogen and oxygen atoms in total. The predicted molar refractivity (Wildman–Crippen MR) is 75.7 cm³/mol. The van der Waals surface area contributed by atoms with Gasteiger partial charge in [-0.15, -0.1) is 0 Å². The van der Waals surface area contributed by atoms with Crippen molar-refractivity contribution in [3.8, 4) is 5.75 Å². The van der Waals surface area contributed by atoms with Crippen LogP contribution < -0.4 is 9.88 Å². The van der Waals surface area contributed by atoms with E-state index in [0.717, 1.165) is 0 Å². The van der Waals surface area contributed by atoms with Crippen LogP contribution in [0, 0.1) is 20.8 Å². The molecule has 0 bridgehead atoms. The van der Waals surface area contributed by atoms with Crippen LogP contribution in [0.4, 0.5) is 0 Å². The molecule has 6 heteroatoms. The topological polar surface area (TPSA) is 86.5 Å². The average Bonchev–Trinajstić information content (AvgIpc) is 2.21. The molecule has 0 saturated heterocycles. The smallest absolute Gasteiger partial charge is 0.238 e. The Morgan fingerprint density at radius 1 is 1.10 bits per heavy atom. The van der Waals surface area contributed by atoms with E-state index in [1.54, 1.807) is 20.8 Å². The van der Waals surface area contributed by atoms with Crippen LogP contribution in [0.1, 0.15) is 47.3 Å². The summed E-state index contributed by atoms with van der Waals surface area (Å²) in [6.45, 7) is 8.70. The molecule has 0 aromatic heterocycles. The molecule has 1 aliphatic rings. The normalized spacial score (nSPS) is 17.6. The Morgan fingerprint density at radius 2 is 1.65 bits per heavy atom. The molecule has 2 N–H and O–H groups in total. The SMILES string of the molecule is Cc1c(C)c(S(N)(=O)=O)c(C)c2c1OC(C)(C)CC2=O. The van der Waals surface area contributed by atoms with Gasteiger partial charge in [0.25, 0.3) is 0 Å². The van der Waals surface area contributed by atoms with Gasteiger partial charge in [-0.2, -0.15) is 0 Å². The van der Waals surface area contributed by atoms with Crippen molar-refractivity contribution in [1.82, 2.24) is 0 Å². The first-order chi connectivity index (χ1) is 8.96. The fourth-order valence-electron chi connectivity index (χ4n) is 2.77. The second-order valence-corrected chi connectivity index (χ2v) is 7.41. The summed E-state index contributed by atoms with van der Waals surface area (Å²) in [5, 5.41) is 5.28. The van der Waals surface area contributed by atoms with Crippen molar-refractivity contribution in [1.29, 1.82) is 0 Å². The lowest BCUT2D eigenvalue weighted by Crippen LogP contribution is -2.37. The minimum Gasteiger partial charge on any atom is -0.486 e. The molecular weight excluding hydrogens is 278 g/mol. The molecule has 2 rings (SSSR count). The lowest BCUT2D eigenvalue weighted by Gasteiger charge is -2.34. The fourth-order valence-corrected chi connectivity index (χ4v) is 3.88. The number of Topliss-reactive ketones (excluding diaryl/α,β-unsaturated/α-hetero) is 1. The van der Waals surface area contributed by atoms with E-state index in [0.29, 0.717) is 28.0 Å². The molecule has 0 saturated carbocycles. The number of carbonyl (C=O) groups is 1. The summed E-state index contributed by atoms with van der Waals surface area (Å²) >= 11 is 0. The third-order valence-electron chi connectivity index (χ3n) is 3.71. The van der Waals surface area contributed by atoms with Crippen LogP contribution in [0.2, 0.25) is 0 Å². The largest absolute Gasteiger partial charge is 0.486 e. The Hall–Kier alpha value is -1.40. The molecule has 1 aliphatic heterocycles. The zero-order valence-corrected chi connectivity index (χ0v) is 13.1. The van der Waals surface area contributed by atoms with E-state index in [4.69, 9.17) is 9.88 Å². The second kappa shape index (κ2) is 4.30. The van der Waals surface area contributed by atoms with Gasteiger partial charge >= 0.3 is 0 Å². The Morgan fingerprint density at radius 3 is 2.15 bits per heavy atom. The standard InChI is InChI=1S/C14H19NO4S/c1-7-8(2)13(20(15,17)18)9(3)11-10(16)6-14(4,5)19-12(7)11/h6H2,1-5H3,(H2,15,17,18). The van der Waals surface area contributed by atoms with Crippen molar-refractivity contribution >= 4 is 15.8 Å². The van der Waals surface area contributed by atoms with Gasteiger partial charge in [0.2, 0.25) is 10.0 Å². The summed E-state index contributed by atoms with van der Waals surface area (Å²) in [5.74, 6) is 0.371. The quantitative estimate of drug-likeness (QED) is 0.859. The highest BCUT2D eigenvalue weighted by Crippen LogP contribution is 2.41. The molecule has 0 spiro atoms. The van der Waals surface area contributed by atoms with Gasteiger partial charge in [-0.3, -0.25) is 4.79 Å². The molecule has 0 radical (unpaired) electrons. The molecule has 110 valence electrons. The summed E-state index contributed by atoms with van der Waals surface area (Å²) < 4.78 is 29.4. The van der Waals surface area contributed by atoms with E-state index in [2.05, 4.69) is 0 Å². The number of carbonyl (C=O) groups excluding carboxylic acids is 1. The summed E-state index contributed by atoms with van der Waals surface area (Å²) in [4.78, 5) is 12.4. The van der Waals surface area contributed by atoms with Crippen molar-refractivity contribution in [2.45, 2.75) is 51.5 Å². The number of sulfonamides is 1. The van der Waals surface area contributed by atoms with Crippen molar-refractivity contribution in [3.05, 3.63) is 22.3 Å². The van der Waals surface area contributed by atoms with Crippen LogP contribution in [0.5, 0.6) is 5.75 Å². The number of ether oxygens (including phenoxy) is 1. The van der Waals surface area contributed by atoms with Gasteiger partial charge in [-0.1, -0.05) is 0 Å². The Kier molecular flexibility index (Phi) is 3.22. The van der Waals surface area contributed by atoms with Gasteiger partial charge in [0.15, 0.2) is 5.78 Å². The van der Waals surface area contributed by atoms with E-state index in [1.165, 1.54) is 0 Å². The maximum absolute atomic E-state index is 12.3. The number of fused-ring (bicyclic) bond motifs is 1. The third kappa shape index (κ3) is 2.23. The monoisotopic (exact) mass is 297 g/mol. The lowest BCUT2D eigenvalue weighted by atomic mass is 9.87. The Bertz CT molecular complexity index is 717. The number of hydrogen-bond acceptors (Lipinski definition) is 4. The van der Waals surface area contributed by atoms with Crippen LogP contribution in [0.3, 0.4) is 0 Å². The number of hydrogen-bond donors (Lipinski definition) is 1. The Balaban J connectivity index is 2.89. The number of benzene rings is 1. The molecule has 1 aromatic rings. The highest BCUT2D eigenvalue weighted by molar-refractivity contribution is 7.89. The molecule has 1 heterocycles. The molecule has 20 heavy (non-hydrogen) atoms. The van der Waals surface area contributed by atoms with Gasteiger partial charge in [0, 0.05) is 0 Å². The minimum atomic E-state index is -3.88. The van der Waals surface area contributed by atoms with E-state index >= 15 is 0 Å². The average molecular weight is 297 g/mol. The molecule has 0 aliphatic carbocycles. The maximum Gasteiger partial charge on any atom is 0.238 e. The van der Waals surface area contributed by atoms with Crippen molar-refractivity contribution in [2.75, 3.05) is 0 Å². The Labute approximate surface area is 119 Å². The van der Waals surface area contributed by atoms with Crippen molar-refractivity contribution in [3.63, 3.8) is 0 Å². The number of ketones is 1. The zero-order chi connectivity index (χ0) is 15.5. The summed E-state index contributed by atoms with van der Waals surface area (Å²) in [5.41, 5.74) is 1.32. The number of primary sulfonamides is 1. The van der Waals surface area contributed by atoms with Crippen molar-refractivity contribution < 1.29 is 17.9 Å². The summed E-state index contributed by atoms with van der Waals surface area (Å²) in [6, 6.07) is 0. The van der Waals surface area contributed by atoms with Crippen LogP contribution in [0.15, 0.2) is 4.90 Å². The van der Waals surface area contributed by atoms with Gasteiger partial charge in [-0.25, -0.2) is 13.6 Å². The van der Waals surface area contributed by atoms with E-state index in [-0.39, 0.29) is 17.1 Å². The summed E-state index contributed by atoms with van der Waals surface area (Å²) in [7, 11) is -3.88. The predicted octanol–water partition coefficient (Wildman–Crippen LogP) is 2.00. The molecule has 1 aromatic carbocycles. The van der Waals surface area contributed by atoms with Crippen LogP contribution in [0.25, 0.3) is 0 Å². The van der Waals surface area contributed by atoms with E-state index in [1.807, 2.05) is 13.8 Å². The highest BCUT2D eigenvalue weighted by Gasteiger charge is 2.37. The van der Waals surface area contributed by atoms with E-state index in [9.17, 15) is 13.2 Å². The van der Waals surface area contributed by atoms with Gasteiger partial charge < -0.3 is 4.74 Å². The van der Waals surface area contributed by atoms with Crippen LogP contribution >= 0.6 is 0 Å². The van der Waals surface area contributed by atoms with Gasteiger partial charge in [0.05, 0.1) is 16.9 Å². The first-order valence-electron chi connectivity index (χ1n) is 6.34.